The number of nitrogens with zero attached hydrogens (tertiary/aromatic N) is 4. The van der Waals surface area contributed by atoms with Gasteiger partial charge in [-0.05, 0) is 66.6 Å². The molecular formula is C26H21FN8O2. The Balaban J connectivity index is 1.53. The molecule has 0 saturated heterocycles. The molecular weight excluding hydrogens is 475 g/mol. The van der Waals surface area contributed by atoms with Crippen molar-refractivity contribution in [3.63, 3.8) is 0 Å². The lowest BCUT2D eigenvalue weighted by Crippen LogP contribution is -2.08. The summed E-state index contributed by atoms with van der Waals surface area (Å²) in [5, 5.41) is 30.3. The number of hydrogen-bond donors (Lipinski definition) is 5. The first-order chi connectivity index (χ1) is 17.9. The average Bonchev–Trinajstić information content (AvgIpc) is 3.49. The summed E-state index contributed by atoms with van der Waals surface area (Å²) in [5.74, 6) is -0.693. The molecule has 5 rings (SSSR count). The van der Waals surface area contributed by atoms with E-state index in [9.17, 15) is 15.2 Å². The molecule has 0 aliphatic heterocycles. The quantitative estimate of drug-likeness (QED) is 0.195. The van der Waals surface area contributed by atoms with Crippen LogP contribution in [0.5, 0.6) is 0 Å². The number of rotatable bonds is 7. The summed E-state index contributed by atoms with van der Waals surface area (Å²) in [5.41, 5.74) is 11.9. The van der Waals surface area contributed by atoms with Crippen molar-refractivity contribution in [2.75, 3.05) is 5.32 Å². The lowest BCUT2D eigenvalue weighted by molar-refractivity contribution is 0.198. The first-order valence-electron chi connectivity index (χ1n) is 11.3. The van der Waals surface area contributed by atoms with Crippen molar-refractivity contribution in [2.24, 2.45) is 5.11 Å². The molecule has 0 fully saturated rings. The fourth-order valence-corrected chi connectivity index (χ4v) is 4.28. The Morgan fingerprint density at radius 1 is 1.19 bits per heavy atom. The van der Waals surface area contributed by atoms with E-state index in [0.717, 1.165) is 5.56 Å². The highest BCUT2D eigenvalue weighted by molar-refractivity contribution is 5.83. The highest BCUT2D eigenvalue weighted by Crippen LogP contribution is 2.36. The molecule has 5 N–H and O–H groups in total. The van der Waals surface area contributed by atoms with Crippen LogP contribution in [-0.4, -0.2) is 24.9 Å². The van der Waals surface area contributed by atoms with E-state index in [1.165, 1.54) is 6.07 Å². The van der Waals surface area contributed by atoms with Gasteiger partial charge in [0.25, 0.3) is 0 Å². The zero-order chi connectivity index (χ0) is 26.1. The van der Waals surface area contributed by atoms with Crippen molar-refractivity contribution in [1.82, 2.24) is 19.7 Å². The number of aliphatic hydroxyl groups excluding tert-OH is 1. The van der Waals surface area contributed by atoms with E-state index in [-0.39, 0.29) is 23.6 Å². The molecule has 0 aliphatic carbocycles. The molecule has 0 radical (unpaired) electrons. The zero-order valence-electron chi connectivity index (χ0n) is 19.6. The fourth-order valence-electron chi connectivity index (χ4n) is 4.28. The van der Waals surface area contributed by atoms with Crippen LogP contribution < -0.4 is 11.0 Å². The van der Waals surface area contributed by atoms with E-state index >= 15 is 4.39 Å². The maximum Gasteiger partial charge on any atom is 0.323 e. The van der Waals surface area contributed by atoms with Crippen molar-refractivity contribution in [2.45, 2.75) is 19.6 Å². The molecule has 0 saturated carbocycles. The number of H-pyrrole nitrogens is 2. The van der Waals surface area contributed by atoms with Gasteiger partial charge in [-0.1, -0.05) is 6.07 Å². The Bertz CT molecular complexity index is 1740. The van der Waals surface area contributed by atoms with Crippen LogP contribution in [0, 0.1) is 22.7 Å². The topological polar surface area (TPSA) is 159 Å². The molecule has 0 bridgehead atoms. The third-order valence-corrected chi connectivity index (χ3v) is 6.03. The highest BCUT2D eigenvalue weighted by Gasteiger charge is 2.17. The van der Waals surface area contributed by atoms with Crippen LogP contribution in [0.4, 0.5) is 21.5 Å². The third kappa shape index (κ3) is 4.61. The number of aliphatic hydroxyl groups is 1. The summed E-state index contributed by atoms with van der Waals surface area (Å²) in [6, 6.07) is 17.0. The standard InChI is InChI=1S/C26H21FN8O2/c1-14(36)19-8-15(12-28)2-3-16(19)13-35-24(6-7-30-35)17-9-20(27)25(34-29)23(10-17)31-18-4-5-21-22(11-18)33-26(37)32-21/h2-11,14,29,31,36H,13H2,1H3,(H2,32,33,37). The van der Waals surface area contributed by atoms with Crippen LogP contribution in [-0.2, 0) is 6.54 Å². The van der Waals surface area contributed by atoms with Gasteiger partial charge in [0, 0.05) is 17.4 Å². The van der Waals surface area contributed by atoms with Gasteiger partial charge in [-0.15, -0.1) is 0 Å². The number of nitrogens with one attached hydrogen (secondary N) is 4. The Morgan fingerprint density at radius 2 is 2.00 bits per heavy atom. The van der Waals surface area contributed by atoms with Crippen molar-refractivity contribution in [1.29, 1.82) is 10.8 Å². The SMILES string of the molecule is CC(O)c1cc(C#N)ccc1Cn1nccc1-c1cc(F)c(N=N)c(Nc2ccc3[nH]c(=O)[nH]c3c2)c1. The zero-order valence-corrected chi connectivity index (χ0v) is 19.6. The molecule has 5 aromatic rings. The summed E-state index contributed by atoms with van der Waals surface area (Å²) in [4.78, 5) is 16.9. The number of halogens is 1. The first kappa shape index (κ1) is 23.7. The predicted octanol–water partition coefficient (Wildman–Crippen LogP) is 5.24. The summed E-state index contributed by atoms with van der Waals surface area (Å²) >= 11 is 0. The molecule has 0 aliphatic rings. The van der Waals surface area contributed by atoms with Gasteiger partial charge >= 0.3 is 5.69 Å². The number of benzene rings is 3. The number of hydrogen-bond acceptors (Lipinski definition) is 7. The van der Waals surface area contributed by atoms with Crippen LogP contribution in [0.3, 0.4) is 0 Å². The van der Waals surface area contributed by atoms with Crippen molar-refractivity contribution in [3.05, 3.63) is 93.8 Å². The summed E-state index contributed by atoms with van der Waals surface area (Å²) < 4.78 is 16.7. The molecule has 37 heavy (non-hydrogen) atoms. The molecule has 11 heteroatoms. The molecule has 2 aromatic heterocycles. The molecule has 184 valence electrons. The van der Waals surface area contributed by atoms with E-state index in [0.29, 0.717) is 39.1 Å². The number of imidazole rings is 1. The number of fused-ring (bicyclic) bond motifs is 1. The summed E-state index contributed by atoms with van der Waals surface area (Å²) in [7, 11) is 0. The molecule has 1 atom stereocenters. The van der Waals surface area contributed by atoms with Crippen LogP contribution >= 0.6 is 0 Å². The Hall–Kier alpha value is -5.08. The minimum absolute atomic E-state index is 0.166. The second-order valence-corrected chi connectivity index (χ2v) is 8.51. The number of aromatic nitrogens is 4. The lowest BCUT2D eigenvalue weighted by Gasteiger charge is -2.16. The highest BCUT2D eigenvalue weighted by atomic mass is 19.1. The van der Waals surface area contributed by atoms with Gasteiger partial charge in [0.05, 0.1) is 46.7 Å². The van der Waals surface area contributed by atoms with E-state index in [4.69, 9.17) is 5.53 Å². The molecule has 2 heterocycles. The van der Waals surface area contributed by atoms with Crippen LogP contribution in [0.15, 0.2) is 70.7 Å². The lowest BCUT2D eigenvalue weighted by atomic mass is 10.00. The third-order valence-electron chi connectivity index (χ3n) is 6.03. The first-order valence-corrected chi connectivity index (χ1v) is 11.3. The van der Waals surface area contributed by atoms with Gasteiger partial charge in [-0.3, -0.25) is 4.68 Å². The number of nitriles is 1. The number of aromatic amines is 2. The summed E-state index contributed by atoms with van der Waals surface area (Å²) in [6.07, 6.45) is 0.797. The van der Waals surface area contributed by atoms with Gasteiger partial charge < -0.3 is 20.4 Å². The van der Waals surface area contributed by atoms with Gasteiger partial charge in [-0.25, -0.2) is 14.7 Å². The van der Waals surface area contributed by atoms with Crippen LogP contribution in [0.2, 0.25) is 0 Å². The minimum Gasteiger partial charge on any atom is -0.389 e. The smallest absolute Gasteiger partial charge is 0.323 e. The maximum absolute atomic E-state index is 15.1. The fraction of sp³-hybridized carbons (Fsp3) is 0.115. The van der Waals surface area contributed by atoms with E-state index < -0.39 is 11.9 Å². The van der Waals surface area contributed by atoms with E-state index in [2.05, 4.69) is 31.6 Å². The van der Waals surface area contributed by atoms with Crippen molar-refractivity contribution < 1.29 is 9.50 Å². The predicted molar refractivity (Wildman–Crippen MR) is 136 cm³/mol. The van der Waals surface area contributed by atoms with Gasteiger partial charge in [-0.2, -0.15) is 15.5 Å². The van der Waals surface area contributed by atoms with Gasteiger partial charge in [0.2, 0.25) is 0 Å². The van der Waals surface area contributed by atoms with E-state index in [1.54, 1.807) is 66.3 Å². The van der Waals surface area contributed by atoms with Crippen molar-refractivity contribution >= 4 is 28.1 Å². The largest absolute Gasteiger partial charge is 0.389 e. The van der Waals surface area contributed by atoms with Crippen LogP contribution in [0.25, 0.3) is 22.3 Å². The molecule has 3 aromatic carbocycles. The average molecular weight is 497 g/mol. The normalized spacial score (nSPS) is 11.8. The molecule has 0 spiro atoms. The molecule has 0 amide bonds. The Kier molecular flexibility index (Phi) is 6.09. The monoisotopic (exact) mass is 496 g/mol. The maximum atomic E-state index is 15.1. The Morgan fingerprint density at radius 3 is 2.76 bits per heavy atom. The van der Waals surface area contributed by atoms with Gasteiger partial charge in [0.1, 0.15) is 5.69 Å². The molecule has 10 nitrogen and oxygen atoms in total. The van der Waals surface area contributed by atoms with Crippen LogP contribution in [0.1, 0.15) is 29.7 Å². The Labute approximate surface area is 209 Å². The van der Waals surface area contributed by atoms with Crippen molar-refractivity contribution in [3.8, 4) is 17.3 Å². The molecule has 1 unspecified atom stereocenters. The number of anilines is 2. The minimum atomic E-state index is -0.791. The summed E-state index contributed by atoms with van der Waals surface area (Å²) in [6.45, 7) is 1.90. The van der Waals surface area contributed by atoms with E-state index in [1.807, 2.05) is 0 Å². The second kappa shape index (κ2) is 9.52. The second-order valence-electron chi connectivity index (χ2n) is 8.51. The van der Waals surface area contributed by atoms with Gasteiger partial charge in [0.15, 0.2) is 5.82 Å².